The van der Waals surface area contributed by atoms with Crippen LogP contribution in [0, 0.1) is 0 Å². The Kier molecular flexibility index (Phi) is 11.7. The maximum atomic E-state index is 12.0. The minimum absolute atomic E-state index is 0.176. The summed E-state index contributed by atoms with van der Waals surface area (Å²) in [5.41, 5.74) is 1.57. The van der Waals surface area contributed by atoms with Gasteiger partial charge >= 0.3 is 0 Å². The van der Waals surface area contributed by atoms with Crippen LogP contribution in [0.4, 0.5) is 11.8 Å². The number of aliphatic hydroxyl groups excluding tert-OH is 1. The molecule has 1 aromatic carbocycles. The van der Waals surface area contributed by atoms with Crippen molar-refractivity contribution in [3.8, 4) is 22.8 Å². The highest BCUT2D eigenvalue weighted by Crippen LogP contribution is 2.46. The minimum Gasteiger partial charge on any atom is -0.495 e. The van der Waals surface area contributed by atoms with Crippen LogP contribution in [0.1, 0.15) is 32.1 Å². The summed E-state index contributed by atoms with van der Waals surface area (Å²) in [5.74, 6) is 1.48. The summed E-state index contributed by atoms with van der Waals surface area (Å²) in [6, 6.07) is 3.30. The Labute approximate surface area is 278 Å². The zero-order valence-corrected chi connectivity index (χ0v) is 27.7. The fourth-order valence-electron chi connectivity index (χ4n) is 5.97. The molecule has 14 heteroatoms. The van der Waals surface area contributed by atoms with Gasteiger partial charge in [-0.1, -0.05) is 29.8 Å². The van der Waals surface area contributed by atoms with E-state index in [4.69, 9.17) is 47.4 Å². The van der Waals surface area contributed by atoms with Crippen molar-refractivity contribution in [1.29, 1.82) is 0 Å². The lowest BCUT2D eigenvalue weighted by atomic mass is 10.0. The monoisotopic (exact) mass is 673 g/mol. The van der Waals surface area contributed by atoms with E-state index in [0.717, 1.165) is 38.8 Å². The molecule has 46 heavy (non-hydrogen) atoms. The molecule has 1 unspecified atom stereocenters. The normalized spacial score (nSPS) is 20.0. The van der Waals surface area contributed by atoms with Gasteiger partial charge in [-0.25, -0.2) is 15.0 Å². The van der Waals surface area contributed by atoms with E-state index in [1.165, 1.54) is 20.3 Å². The number of hydrogen-bond donors (Lipinski definition) is 4. The maximum Gasteiger partial charge on any atom is 0.243 e. The van der Waals surface area contributed by atoms with Gasteiger partial charge in [0.25, 0.3) is 0 Å². The van der Waals surface area contributed by atoms with Crippen LogP contribution in [0.5, 0.6) is 11.5 Å². The number of carbonyl (C=O) groups excluding carboxylic acids is 1. The number of aliphatic hydroxyl groups is 1. The van der Waals surface area contributed by atoms with Crippen LogP contribution in [0.2, 0.25) is 10.0 Å². The Bertz CT molecular complexity index is 1520. The van der Waals surface area contributed by atoms with Gasteiger partial charge < -0.3 is 35.3 Å². The quantitative estimate of drug-likeness (QED) is 0.142. The minimum atomic E-state index is -0.246. The average Bonchev–Trinajstić information content (AvgIpc) is 3.53. The molecule has 248 valence electrons. The number of anilines is 2. The molecule has 2 fully saturated rings. The van der Waals surface area contributed by atoms with Crippen molar-refractivity contribution in [3.05, 3.63) is 41.0 Å². The number of fused-ring (bicyclic) bond motifs is 1. The second kappa shape index (κ2) is 15.9. The lowest BCUT2D eigenvalue weighted by Gasteiger charge is -2.32. The molecule has 0 saturated carbocycles. The van der Waals surface area contributed by atoms with Gasteiger partial charge in [0.2, 0.25) is 11.9 Å². The van der Waals surface area contributed by atoms with E-state index in [1.54, 1.807) is 12.3 Å². The highest BCUT2D eigenvalue weighted by Gasteiger charge is 2.28. The molecule has 0 aliphatic carbocycles. The number of likely N-dealkylation sites (tertiary alicyclic amines) is 1. The number of carbonyl (C=O) groups is 1. The second-order valence-electron chi connectivity index (χ2n) is 11.4. The van der Waals surface area contributed by atoms with E-state index >= 15 is 0 Å². The van der Waals surface area contributed by atoms with E-state index < -0.39 is 0 Å². The third kappa shape index (κ3) is 7.75. The molecule has 0 radical (unpaired) electrons. The predicted octanol–water partition coefficient (Wildman–Crippen LogP) is 4.54. The molecule has 2 saturated heterocycles. The summed E-state index contributed by atoms with van der Waals surface area (Å²) in [5, 5.41) is 20.8. The first kappa shape index (κ1) is 33.9. The van der Waals surface area contributed by atoms with E-state index in [-0.39, 0.29) is 30.6 Å². The molecular weight excluding hydrogens is 633 g/mol. The summed E-state index contributed by atoms with van der Waals surface area (Å²) >= 11 is 13.5. The standard InChI is InChI=1S/C32H41Cl2N7O5/c1-4-26(43)37-21-9-13-46-18-23(21)39-32-36-16-19-14-22(27-28(33)24(44-2)15-25(45-3)29(27)34)38-31(30(19)40-32)35-10-5-6-11-41-12-7-8-20(41)17-42/h4,14-16,20-21,23,42H,1,5-13,17-18H2,2-3H3,(H,35,38)(H,37,43)(H,36,39,40)/t20?,21-,23+/m0/s1. The van der Waals surface area contributed by atoms with Crippen LogP contribution < -0.4 is 25.4 Å². The van der Waals surface area contributed by atoms with E-state index in [9.17, 15) is 9.90 Å². The Morgan fingerprint density at radius 1 is 1.15 bits per heavy atom. The van der Waals surface area contributed by atoms with Gasteiger partial charge in [-0.15, -0.1) is 0 Å². The highest BCUT2D eigenvalue weighted by atomic mass is 35.5. The van der Waals surface area contributed by atoms with Gasteiger partial charge in [-0.2, -0.15) is 0 Å². The van der Waals surface area contributed by atoms with Gasteiger partial charge in [-0.3, -0.25) is 9.69 Å². The number of nitrogens with zero attached hydrogens (tertiary/aromatic N) is 4. The topological polar surface area (TPSA) is 143 Å². The van der Waals surface area contributed by atoms with Gasteiger partial charge in [0, 0.05) is 42.4 Å². The smallest absolute Gasteiger partial charge is 0.243 e. The maximum absolute atomic E-state index is 12.0. The molecule has 1 amide bonds. The fraction of sp³-hybridized carbons (Fsp3) is 0.500. The third-order valence-electron chi connectivity index (χ3n) is 8.45. The van der Waals surface area contributed by atoms with E-state index in [0.29, 0.717) is 81.7 Å². The molecule has 0 bridgehead atoms. The van der Waals surface area contributed by atoms with Crippen LogP contribution in [-0.2, 0) is 9.53 Å². The SMILES string of the molecule is C=CC(=O)N[C@H]1CCOC[C@H]1Nc1ncc2cc(-c3c(Cl)c(OC)cc(OC)c3Cl)nc(NCCCCN3CCCC3CO)c2n1. The molecule has 12 nitrogen and oxygen atoms in total. The molecule has 0 spiro atoms. The summed E-state index contributed by atoms with van der Waals surface area (Å²) in [6.07, 6.45) is 7.63. The number of nitrogens with one attached hydrogen (secondary N) is 3. The lowest BCUT2D eigenvalue weighted by Crippen LogP contribution is -2.52. The van der Waals surface area contributed by atoms with Crippen LogP contribution in [-0.4, -0.2) is 103 Å². The first-order chi connectivity index (χ1) is 22.4. The van der Waals surface area contributed by atoms with E-state index in [2.05, 4.69) is 32.4 Å². The molecule has 4 heterocycles. The Balaban J connectivity index is 1.45. The molecule has 2 aromatic heterocycles. The summed E-state index contributed by atoms with van der Waals surface area (Å²) in [4.78, 5) is 28.8. The Morgan fingerprint density at radius 3 is 2.65 bits per heavy atom. The second-order valence-corrected chi connectivity index (χ2v) is 12.1. The Hall–Kier alpha value is -3.42. The zero-order valence-electron chi connectivity index (χ0n) is 26.2. The van der Waals surface area contributed by atoms with Crippen molar-refractivity contribution < 1.29 is 24.1 Å². The third-order valence-corrected chi connectivity index (χ3v) is 9.20. The summed E-state index contributed by atoms with van der Waals surface area (Å²) in [6.45, 7) is 7.28. The van der Waals surface area contributed by atoms with Crippen molar-refractivity contribution in [1.82, 2.24) is 25.2 Å². The van der Waals surface area contributed by atoms with Crippen molar-refractivity contribution in [2.75, 3.05) is 64.3 Å². The average molecular weight is 675 g/mol. The van der Waals surface area contributed by atoms with Gasteiger partial charge in [-0.05, 0) is 57.3 Å². The number of pyridine rings is 1. The number of benzene rings is 1. The van der Waals surface area contributed by atoms with Crippen molar-refractivity contribution in [3.63, 3.8) is 0 Å². The molecule has 4 N–H and O–H groups in total. The number of unbranched alkanes of at least 4 members (excludes halogenated alkanes) is 1. The first-order valence-corrected chi connectivity index (χ1v) is 16.3. The Morgan fingerprint density at radius 2 is 1.93 bits per heavy atom. The first-order valence-electron chi connectivity index (χ1n) is 15.5. The zero-order chi connectivity index (χ0) is 32.6. The largest absolute Gasteiger partial charge is 0.495 e. The number of halogens is 2. The van der Waals surface area contributed by atoms with Crippen LogP contribution in [0.15, 0.2) is 31.0 Å². The predicted molar refractivity (Wildman–Crippen MR) is 180 cm³/mol. The van der Waals surface area contributed by atoms with Gasteiger partial charge in [0.05, 0.1) is 55.3 Å². The summed E-state index contributed by atoms with van der Waals surface area (Å²) < 4.78 is 16.7. The number of aromatic nitrogens is 3. The molecule has 3 aromatic rings. The number of rotatable bonds is 14. The molecule has 5 rings (SSSR count). The van der Waals surface area contributed by atoms with Gasteiger partial charge in [0.15, 0.2) is 5.82 Å². The molecule has 2 aliphatic heterocycles. The lowest BCUT2D eigenvalue weighted by molar-refractivity contribution is -0.117. The number of amides is 1. The fourth-order valence-corrected chi connectivity index (χ4v) is 6.67. The van der Waals surface area contributed by atoms with Crippen molar-refractivity contribution in [2.45, 2.75) is 50.2 Å². The van der Waals surface area contributed by atoms with Crippen LogP contribution >= 0.6 is 23.2 Å². The summed E-state index contributed by atoms with van der Waals surface area (Å²) in [7, 11) is 3.05. The van der Waals surface area contributed by atoms with E-state index in [1.807, 2.05) is 6.07 Å². The van der Waals surface area contributed by atoms with Crippen molar-refractivity contribution >= 4 is 51.8 Å². The molecular formula is C32H41Cl2N7O5. The van der Waals surface area contributed by atoms with Crippen molar-refractivity contribution in [2.24, 2.45) is 0 Å². The van der Waals surface area contributed by atoms with Crippen LogP contribution in [0.25, 0.3) is 22.2 Å². The number of ether oxygens (including phenoxy) is 3. The highest BCUT2D eigenvalue weighted by molar-refractivity contribution is 6.41. The van der Waals surface area contributed by atoms with Gasteiger partial charge in [0.1, 0.15) is 17.0 Å². The van der Waals surface area contributed by atoms with Crippen LogP contribution in [0.3, 0.4) is 0 Å². The molecule has 2 aliphatic rings. The molecule has 3 atom stereocenters. The number of hydrogen-bond acceptors (Lipinski definition) is 11. The number of methoxy groups -OCH3 is 2.